The number of aliphatic hydroxyl groups is 1. The standard InChI is InChI=1S/C10H19NO3/c1-2-10(12)3-11-8-4-13-6-9(11)7-14-5-8/h8-10,12H,2-7H2,1H3. The molecule has 4 heteroatoms. The van der Waals surface area contributed by atoms with Crippen molar-refractivity contribution < 1.29 is 14.6 Å². The summed E-state index contributed by atoms with van der Waals surface area (Å²) in [5.41, 5.74) is 0. The average Bonchev–Trinajstić information content (AvgIpc) is 2.17. The molecule has 0 radical (unpaired) electrons. The summed E-state index contributed by atoms with van der Waals surface area (Å²) in [5, 5.41) is 9.64. The summed E-state index contributed by atoms with van der Waals surface area (Å²) in [5.74, 6) is 0. The van der Waals surface area contributed by atoms with Gasteiger partial charge in [-0.3, -0.25) is 4.90 Å². The minimum absolute atomic E-state index is 0.212. The molecule has 4 nitrogen and oxygen atoms in total. The first-order chi connectivity index (χ1) is 6.81. The van der Waals surface area contributed by atoms with Crippen molar-refractivity contribution in [1.82, 2.24) is 4.90 Å². The van der Waals surface area contributed by atoms with E-state index in [4.69, 9.17) is 9.47 Å². The van der Waals surface area contributed by atoms with E-state index in [1.54, 1.807) is 0 Å². The fourth-order valence-electron chi connectivity index (χ4n) is 2.13. The Kier molecular flexibility index (Phi) is 3.38. The quantitative estimate of drug-likeness (QED) is 0.690. The van der Waals surface area contributed by atoms with Gasteiger partial charge in [-0.15, -0.1) is 0 Å². The molecule has 2 heterocycles. The molecule has 2 saturated heterocycles. The van der Waals surface area contributed by atoms with E-state index < -0.39 is 0 Å². The van der Waals surface area contributed by atoms with E-state index >= 15 is 0 Å². The van der Waals surface area contributed by atoms with Gasteiger partial charge in [0.1, 0.15) is 0 Å². The topological polar surface area (TPSA) is 41.9 Å². The molecule has 82 valence electrons. The minimum Gasteiger partial charge on any atom is -0.392 e. The van der Waals surface area contributed by atoms with Gasteiger partial charge in [-0.1, -0.05) is 6.92 Å². The van der Waals surface area contributed by atoms with Crippen LogP contribution in [0.3, 0.4) is 0 Å². The van der Waals surface area contributed by atoms with Crippen LogP contribution >= 0.6 is 0 Å². The third kappa shape index (κ3) is 2.08. The summed E-state index contributed by atoms with van der Waals surface area (Å²) in [4.78, 5) is 2.35. The van der Waals surface area contributed by atoms with Crippen molar-refractivity contribution in [2.24, 2.45) is 0 Å². The van der Waals surface area contributed by atoms with E-state index in [1.807, 2.05) is 6.92 Å². The minimum atomic E-state index is -0.212. The van der Waals surface area contributed by atoms with Gasteiger partial charge in [0, 0.05) is 6.54 Å². The molecule has 1 atom stereocenters. The molecule has 2 rings (SSSR count). The van der Waals surface area contributed by atoms with Crippen LogP contribution in [0.1, 0.15) is 13.3 Å². The number of morpholine rings is 2. The van der Waals surface area contributed by atoms with E-state index in [2.05, 4.69) is 4.90 Å². The lowest BCUT2D eigenvalue weighted by atomic mass is 10.1. The van der Waals surface area contributed by atoms with Gasteiger partial charge < -0.3 is 14.6 Å². The summed E-state index contributed by atoms with van der Waals surface area (Å²) < 4.78 is 11.0. The van der Waals surface area contributed by atoms with Crippen LogP contribution in [0, 0.1) is 0 Å². The van der Waals surface area contributed by atoms with Crippen LogP contribution in [0.5, 0.6) is 0 Å². The fraction of sp³-hybridized carbons (Fsp3) is 1.00. The van der Waals surface area contributed by atoms with Crippen LogP contribution in [-0.2, 0) is 9.47 Å². The molecule has 0 aromatic carbocycles. The van der Waals surface area contributed by atoms with Crippen molar-refractivity contribution in [3.05, 3.63) is 0 Å². The monoisotopic (exact) mass is 201 g/mol. The summed E-state index contributed by atoms with van der Waals surface area (Å²) in [6.07, 6.45) is 0.605. The van der Waals surface area contributed by atoms with Crippen LogP contribution in [-0.4, -0.2) is 61.2 Å². The van der Waals surface area contributed by atoms with Crippen LogP contribution < -0.4 is 0 Å². The van der Waals surface area contributed by atoms with Gasteiger partial charge in [0.05, 0.1) is 44.6 Å². The second-order valence-electron chi connectivity index (χ2n) is 4.14. The number of fused-ring (bicyclic) bond motifs is 2. The van der Waals surface area contributed by atoms with Gasteiger partial charge in [0.15, 0.2) is 0 Å². The number of aliphatic hydroxyl groups excluding tert-OH is 1. The zero-order valence-electron chi connectivity index (χ0n) is 8.69. The molecule has 0 aromatic rings. The zero-order valence-corrected chi connectivity index (χ0v) is 8.69. The van der Waals surface area contributed by atoms with Crippen LogP contribution in [0.15, 0.2) is 0 Å². The fourth-order valence-corrected chi connectivity index (χ4v) is 2.13. The van der Waals surface area contributed by atoms with Crippen molar-refractivity contribution in [1.29, 1.82) is 0 Å². The molecule has 0 aromatic heterocycles. The van der Waals surface area contributed by atoms with Crippen LogP contribution in [0.25, 0.3) is 0 Å². The summed E-state index contributed by atoms with van der Waals surface area (Å²) in [6.45, 7) is 5.75. The van der Waals surface area contributed by atoms with Gasteiger partial charge >= 0.3 is 0 Å². The van der Waals surface area contributed by atoms with E-state index in [1.165, 1.54) is 0 Å². The lowest BCUT2D eigenvalue weighted by molar-refractivity contribution is -0.145. The van der Waals surface area contributed by atoms with E-state index in [0.717, 1.165) is 39.4 Å². The summed E-state index contributed by atoms with van der Waals surface area (Å²) in [7, 11) is 0. The largest absolute Gasteiger partial charge is 0.392 e. The smallest absolute Gasteiger partial charge is 0.0664 e. The average molecular weight is 201 g/mol. The Bertz CT molecular complexity index is 166. The van der Waals surface area contributed by atoms with E-state index in [-0.39, 0.29) is 6.10 Å². The van der Waals surface area contributed by atoms with Crippen LogP contribution in [0.2, 0.25) is 0 Å². The molecular formula is C10H19NO3. The predicted octanol–water partition coefficient (Wildman–Crippen LogP) is -0.143. The Morgan fingerprint density at radius 3 is 2.14 bits per heavy atom. The molecule has 2 aliphatic heterocycles. The molecule has 2 bridgehead atoms. The molecule has 0 saturated carbocycles. The van der Waals surface area contributed by atoms with Gasteiger partial charge in [-0.25, -0.2) is 0 Å². The highest BCUT2D eigenvalue weighted by Gasteiger charge is 2.35. The number of rotatable bonds is 3. The summed E-state index contributed by atoms with van der Waals surface area (Å²) in [6, 6.07) is 0.701. The number of ether oxygens (including phenoxy) is 2. The highest BCUT2D eigenvalue weighted by Crippen LogP contribution is 2.19. The first-order valence-electron chi connectivity index (χ1n) is 5.40. The number of hydrogen-bond donors (Lipinski definition) is 1. The van der Waals surface area contributed by atoms with Crippen molar-refractivity contribution in [2.45, 2.75) is 31.5 Å². The molecule has 1 unspecified atom stereocenters. The Hall–Kier alpha value is -0.160. The maximum absolute atomic E-state index is 9.64. The van der Waals surface area contributed by atoms with Gasteiger partial charge in [-0.05, 0) is 6.42 Å². The van der Waals surface area contributed by atoms with Crippen LogP contribution in [0.4, 0.5) is 0 Å². The predicted molar refractivity (Wildman–Crippen MR) is 52.2 cm³/mol. The molecule has 0 amide bonds. The highest BCUT2D eigenvalue weighted by molar-refractivity contribution is 4.87. The van der Waals surface area contributed by atoms with Gasteiger partial charge in [0.2, 0.25) is 0 Å². The highest BCUT2D eigenvalue weighted by atomic mass is 16.5. The SMILES string of the molecule is CCC(O)CN1C2COCC1COC2. The molecule has 0 aliphatic carbocycles. The van der Waals surface area contributed by atoms with Crippen molar-refractivity contribution in [3.8, 4) is 0 Å². The molecule has 1 N–H and O–H groups in total. The first-order valence-corrected chi connectivity index (χ1v) is 5.40. The number of nitrogens with zero attached hydrogens (tertiary/aromatic N) is 1. The molecular weight excluding hydrogens is 182 g/mol. The van der Waals surface area contributed by atoms with Crippen molar-refractivity contribution in [2.75, 3.05) is 33.0 Å². The maximum atomic E-state index is 9.64. The Balaban J connectivity index is 1.94. The second-order valence-corrected chi connectivity index (χ2v) is 4.14. The van der Waals surface area contributed by atoms with Gasteiger partial charge in [-0.2, -0.15) is 0 Å². The van der Waals surface area contributed by atoms with Gasteiger partial charge in [0.25, 0.3) is 0 Å². The third-order valence-corrected chi connectivity index (χ3v) is 3.07. The summed E-state index contributed by atoms with van der Waals surface area (Å²) >= 11 is 0. The number of hydrogen-bond acceptors (Lipinski definition) is 4. The van der Waals surface area contributed by atoms with Crippen molar-refractivity contribution >= 4 is 0 Å². The Labute approximate surface area is 84.8 Å². The molecule has 2 fully saturated rings. The lowest BCUT2D eigenvalue weighted by Crippen LogP contribution is -2.61. The molecule has 2 aliphatic rings. The maximum Gasteiger partial charge on any atom is 0.0664 e. The third-order valence-electron chi connectivity index (χ3n) is 3.07. The zero-order chi connectivity index (χ0) is 9.97. The van der Waals surface area contributed by atoms with Crippen molar-refractivity contribution in [3.63, 3.8) is 0 Å². The Morgan fingerprint density at radius 2 is 1.71 bits per heavy atom. The molecule has 0 spiro atoms. The first kappa shape index (κ1) is 10.4. The Morgan fingerprint density at radius 1 is 1.21 bits per heavy atom. The van der Waals surface area contributed by atoms with E-state index in [0.29, 0.717) is 12.1 Å². The second kappa shape index (κ2) is 4.57. The normalized spacial score (nSPS) is 35.6. The van der Waals surface area contributed by atoms with E-state index in [9.17, 15) is 5.11 Å². The lowest BCUT2D eigenvalue weighted by Gasteiger charge is -2.46. The molecule has 14 heavy (non-hydrogen) atoms.